The normalized spacial score (nSPS) is 15.4. The summed E-state index contributed by atoms with van der Waals surface area (Å²) in [5.74, 6) is 0.410. The van der Waals surface area contributed by atoms with E-state index in [4.69, 9.17) is 4.74 Å². The van der Waals surface area contributed by atoms with E-state index in [1.165, 1.54) is 0 Å². The van der Waals surface area contributed by atoms with Gasteiger partial charge in [-0.25, -0.2) is 0 Å². The number of hydrogen-bond acceptors (Lipinski definition) is 5. The number of carbonyl (C=O) groups is 1. The van der Waals surface area contributed by atoms with Gasteiger partial charge in [0, 0.05) is 0 Å². The first-order chi connectivity index (χ1) is 7.83. The monoisotopic (exact) mass is 238 g/mol. The molecular formula is C11H14N2O2S. The molecule has 16 heavy (non-hydrogen) atoms. The number of nitrogens with zero attached hydrogens (tertiary/aromatic N) is 2. The maximum absolute atomic E-state index is 12.1. The number of allylic oxidation sites excluding steroid dienone is 2. The molecule has 0 amide bonds. The molecule has 0 atom stereocenters. The van der Waals surface area contributed by atoms with Gasteiger partial charge < -0.3 is 4.74 Å². The van der Waals surface area contributed by atoms with Gasteiger partial charge >= 0.3 is 0 Å². The third-order valence-electron chi connectivity index (χ3n) is 2.41. The van der Waals surface area contributed by atoms with Crippen molar-refractivity contribution < 1.29 is 9.53 Å². The second-order valence-corrected chi connectivity index (χ2v) is 4.44. The smallest absolute Gasteiger partial charge is 0.240 e. The predicted molar refractivity (Wildman–Crippen MR) is 61.5 cm³/mol. The van der Waals surface area contributed by atoms with E-state index in [0.29, 0.717) is 17.2 Å². The highest BCUT2D eigenvalue weighted by molar-refractivity contribution is 7.08. The third-order valence-corrected chi connectivity index (χ3v) is 3.18. The molecule has 0 spiro atoms. The Hall–Kier alpha value is -1.23. The first-order valence-electron chi connectivity index (χ1n) is 5.51. The number of ether oxygens (including phenoxy) is 1. The van der Waals surface area contributed by atoms with Crippen LogP contribution in [0.25, 0.3) is 0 Å². The van der Waals surface area contributed by atoms with E-state index in [1.807, 2.05) is 6.08 Å². The van der Waals surface area contributed by atoms with Crippen LogP contribution < -0.4 is 0 Å². The van der Waals surface area contributed by atoms with Crippen molar-refractivity contribution in [1.82, 2.24) is 9.59 Å². The van der Waals surface area contributed by atoms with E-state index >= 15 is 0 Å². The van der Waals surface area contributed by atoms with E-state index in [1.54, 1.807) is 0 Å². The molecule has 1 aliphatic heterocycles. The highest BCUT2D eigenvalue weighted by Gasteiger charge is 2.21. The van der Waals surface area contributed by atoms with Crippen LogP contribution in [0.1, 0.15) is 41.6 Å². The predicted octanol–water partition coefficient (Wildman–Crippen LogP) is 2.37. The summed E-state index contributed by atoms with van der Waals surface area (Å²) in [6.07, 6.45) is 5.52. The Morgan fingerprint density at radius 1 is 1.62 bits per heavy atom. The summed E-state index contributed by atoms with van der Waals surface area (Å²) in [6, 6.07) is 0. The largest absolute Gasteiger partial charge is 0.490 e. The van der Waals surface area contributed by atoms with E-state index in [0.717, 1.165) is 42.9 Å². The van der Waals surface area contributed by atoms with Gasteiger partial charge in [-0.3, -0.25) is 4.79 Å². The lowest BCUT2D eigenvalue weighted by molar-refractivity contribution is 0.0902. The van der Waals surface area contributed by atoms with Gasteiger partial charge in [0.05, 0.1) is 12.3 Å². The average Bonchev–Trinajstić information content (AvgIpc) is 2.78. The number of aryl methyl sites for hydroxylation is 1. The molecule has 0 radical (unpaired) electrons. The molecule has 0 unspecified atom stereocenters. The van der Waals surface area contributed by atoms with Gasteiger partial charge in [0.15, 0.2) is 5.76 Å². The molecule has 2 rings (SSSR count). The molecule has 0 bridgehead atoms. The summed E-state index contributed by atoms with van der Waals surface area (Å²) in [5.41, 5.74) is 0.799. The van der Waals surface area contributed by atoms with Crippen LogP contribution in [-0.4, -0.2) is 22.0 Å². The Balaban J connectivity index is 2.19. The molecule has 1 aromatic rings. The number of Topliss-reactive ketones (excluding diaryl/α,β-unsaturated/α-hetero) is 1. The molecule has 0 aliphatic carbocycles. The minimum absolute atomic E-state index is 0.0573. The van der Waals surface area contributed by atoms with Crippen molar-refractivity contribution in [3.8, 4) is 0 Å². The van der Waals surface area contributed by atoms with Crippen LogP contribution in [0.2, 0.25) is 0 Å². The van der Waals surface area contributed by atoms with Crippen LogP contribution >= 0.6 is 11.5 Å². The van der Waals surface area contributed by atoms with E-state index in [-0.39, 0.29) is 5.78 Å². The maximum atomic E-state index is 12.1. The fourth-order valence-corrected chi connectivity index (χ4v) is 2.26. The summed E-state index contributed by atoms with van der Waals surface area (Å²) in [5, 5.41) is 3.99. The molecule has 4 nitrogen and oxygen atoms in total. The van der Waals surface area contributed by atoms with E-state index in [2.05, 4.69) is 16.5 Å². The zero-order chi connectivity index (χ0) is 11.4. The molecule has 0 fully saturated rings. The molecule has 0 aromatic carbocycles. The van der Waals surface area contributed by atoms with Crippen LogP contribution in [0.4, 0.5) is 0 Å². The summed E-state index contributed by atoms with van der Waals surface area (Å²) in [4.78, 5) is 12.7. The van der Waals surface area contributed by atoms with Crippen molar-refractivity contribution >= 4 is 17.3 Å². The second-order valence-electron chi connectivity index (χ2n) is 3.69. The minimum Gasteiger partial charge on any atom is -0.490 e. The Morgan fingerprint density at radius 2 is 2.50 bits per heavy atom. The van der Waals surface area contributed by atoms with Crippen LogP contribution in [0, 0.1) is 0 Å². The average molecular weight is 238 g/mol. The van der Waals surface area contributed by atoms with Gasteiger partial charge in [-0.15, -0.1) is 5.10 Å². The summed E-state index contributed by atoms with van der Waals surface area (Å²) in [6.45, 7) is 2.69. The number of ketones is 1. The molecule has 0 saturated carbocycles. The lowest BCUT2D eigenvalue weighted by Gasteiger charge is -2.12. The molecule has 86 valence electrons. The fraction of sp³-hybridized carbons (Fsp3) is 0.545. The van der Waals surface area contributed by atoms with E-state index < -0.39 is 0 Å². The SMILES string of the molecule is CCCc1nnsc1C(=O)C1=CCCCO1. The lowest BCUT2D eigenvalue weighted by atomic mass is 10.1. The number of carbonyl (C=O) groups excluding carboxylic acids is 1. The van der Waals surface area contributed by atoms with Gasteiger partial charge in [-0.1, -0.05) is 17.8 Å². The van der Waals surface area contributed by atoms with Gasteiger partial charge in [-0.05, 0) is 36.9 Å². The Bertz CT molecular complexity index is 412. The van der Waals surface area contributed by atoms with Crippen molar-refractivity contribution in [3.05, 3.63) is 22.4 Å². The summed E-state index contributed by atoms with van der Waals surface area (Å²) >= 11 is 1.16. The van der Waals surface area contributed by atoms with Crippen LogP contribution in [-0.2, 0) is 11.2 Å². The number of hydrogen-bond donors (Lipinski definition) is 0. The van der Waals surface area contributed by atoms with Gasteiger partial charge in [0.1, 0.15) is 4.88 Å². The molecule has 1 aromatic heterocycles. The Labute approximate surface area is 98.5 Å². The second kappa shape index (κ2) is 5.21. The first-order valence-corrected chi connectivity index (χ1v) is 6.29. The van der Waals surface area contributed by atoms with Gasteiger partial charge in [-0.2, -0.15) is 0 Å². The van der Waals surface area contributed by atoms with Crippen molar-refractivity contribution in [2.45, 2.75) is 32.6 Å². The van der Waals surface area contributed by atoms with Crippen molar-refractivity contribution in [3.63, 3.8) is 0 Å². The standard InChI is InChI=1S/C11H14N2O2S/c1-2-5-8-11(16-13-12-8)10(14)9-6-3-4-7-15-9/h6H,2-5,7H2,1H3. The molecular weight excluding hydrogens is 224 g/mol. The minimum atomic E-state index is -0.0573. The lowest BCUT2D eigenvalue weighted by Crippen LogP contribution is -2.11. The van der Waals surface area contributed by atoms with Crippen molar-refractivity contribution in [2.24, 2.45) is 0 Å². The highest BCUT2D eigenvalue weighted by Crippen LogP contribution is 2.20. The van der Waals surface area contributed by atoms with Gasteiger partial charge in [0.25, 0.3) is 0 Å². The molecule has 0 saturated heterocycles. The summed E-state index contributed by atoms with van der Waals surface area (Å²) in [7, 11) is 0. The third kappa shape index (κ3) is 2.29. The topological polar surface area (TPSA) is 52.1 Å². The van der Waals surface area contributed by atoms with E-state index in [9.17, 15) is 4.79 Å². The van der Waals surface area contributed by atoms with Crippen LogP contribution in [0.5, 0.6) is 0 Å². The van der Waals surface area contributed by atoms with Crippen molar-refractivity contribution in [2.75, 3.05) is 6.61 Å². The molecule has 0 N–H and O–H groups in total. The van der Waals surface area contributed by atoms with Crippen LogP contribution in [0.3, 0.4) is 0 Å². The van der Waals surface area contributed by atoms with Crippen LogP contribution in [0.15, 0.2) is 11.8 Å². The number of aromatic nitrogens is 2. The quantitative estimate of drug-likeness (QED) is 0.756. The first kappa shape index (κ1) is 11.3. The number of rotatable bonds is 4. The summed E-state index contributed by atoms with van der Waals surface area (Å²) < 4.78 is 9.20. The van der Waals surface area contributed by atoms with Gasteiger partial charge in [0.2, 0.25) is 5.78 Å². The maximum Gasteiger partial charge on any atom is 0.240 e. The molecule has 1 aliphatic rings. The Morgan fingerprint density at radius 3 is 3.19 bits per heavy atom. The van der Waals surface area contributed by atoms with Crippen molar-refractivity contribution in [1.29, 1.82) is 0 Å². The molecule has 2 heterocycles. The Kier molecular flexibility index (Phi) is 3.66. The zero-order valence-electron chi connectivity index (χ0n) is 9.23. The fourth-order valence-electron chi connectivity index (χ4n) is 1.61. The molecule has 5 heteroatoms. The highest BCUT2D eigenvalue weighted by atomic mass is 32.1. The zero-order valence-corrected chi connectivity index (χ0v) is 10.0.